The standard InChI is InChI=1S/C11H15O/c1-3-4-7-10-8-5-6-9-11(10)12-2/h5-9H,3-4H2,1-2H3. The van der Waals surface area contributed by atoms with Gasteiger partial charge >= 0.3 is 0 Å². The molecule has 0 aliphatic rings. The molecule has 1 aromatic rings. The summed E-state index contributed by atoms with van der Waals surface area (Å²) in [6.07, 6.45) is 4.50. The van der Waals surface area contributed by atoms with E-state index in [-0.39, 0.29) is 0 Å². The Balaban J connectivity index is 2.68. The second kappa shape index (κ2) is 4.81. The van der Waals surface area contributed by atoms with Crippen LogP contribution >= 0.6 is 0 Å². The van der Waals surface area contributed by atoms with Gasteiger partial charge in [-0.2, -0.15) is 0 Å². The van der Waals surface area contributed by atoms with Gasteiger partial charge in [0.2, 0.25) is 0 Å². The summed E-state index contributed by atoms with van der Waals surface area (Å²) >= 11 is 0. The number of ether oxygens (including phenoxy) is 1. The summed E-state index contributed by atoms with van der Waals surface area (Å²) in [6.45, 7) is 2.17. The fraction of sp³-hybridized carbons (Fsp3) is 0.364. The van der Waals surface area contributed by atoms with Crippen molar-refractivity contribution < 1.29 is 4.74 Å². The van der Waals surface area contributed by atoms with Crippen LogP contribution in [0.25, 0.3) is 0 Å². The number of unbranched alkanes of at least 4 members (excludes halogenated alkanes) is 1. The molecule has 0 N–H and O–H groups in total. The summed E-state index contributed by atoms with van der Waals surface area (Å²) in [4.78, 5) is 0. The number of para-hydroxylation sites is 1. The lowest BCUT2D eigenvalue weighted by Gasteiger charge is -2.06. The van der Waals surface area contributed by atoms with Gasteiger partial charge in [0.1, 0.15) is 5.75 Å². The molecule has 12 heavy (non-hydrogen) atoms. The molecule has 1 radical (unpaired) electrons. The summed E-state index contributed by atoms with van der Waals surface area (Å²) in [7, 11) is 1.71. The third-order valence-corrected chi connectivity index (χ3v) is 1.79. The smallest absolute Gasteiger partial charge is 0.122 e. The van der Waals surface area contributed by atoms with Crippen molar-refractivity contribution in [1.82, 2.24) is 0 Å². The minimum Gasteiger partial charge on any atom is -0.496 e. The highest BCUT2D eigenvalue weighted by molar-refractivity contribution is 5.38. The monoisotopic (exact) mass is 163 g/mol. The molecule has 0 heterocycles. The van der Waals surface area contributed by atoms with Crippen molar-refractivity contribution in [3.63, 3.8) is 0 Å². The maximum absolute atomic E-state index is 5.21. The fourth-order valence-electron chi connectivity index (χ4n) is 1.13. The lowest BCUT2D eigenvalue weighted by molar-refractivity contribution is 0.412. The molecule has 1 nitrogen and oxygen atoms in total. The average molecular weight is 163 g/mol. The van der Waals surface area contributed by atoms with Crippen LogP contribution in [0.1, 0.15) is 25.3 Å². The van der Waals surface area contributed by atoms with E-state index in [0.717, 1.165) is 12.2 Å². The van der Waals surface area contributed by atoms with Crippen LogP contribution in [0.15, 0.2) is 24.3 Å². The number of rotatable bonds is 4. The largest absolute Gasteiger partial charge is 0.496 e. The number of hydrogen-bond donors (Lipinski definition) is 0. The minimum absolute atomic E-state index is 0.964. The molecule has 0 aliphatic carbocycles. The molecule has 1 rings (SSSR count). The fourth-order valence-corrected chi connectivity index (χ4v) is 1.13. The molecule has 65 valence electrons. The second-order valence-electron chi connectivity index (χ2n) is 2.73. The zero-order valence-electron chi connectivity index (χ0n) is 7.71. The predicted molar refractivity (Wildman–Crippen MR) is 51.3 cm³/mol. The van der Waals surface area contributed by atoms with Crippen LogP contribution in [0.3, 0.4) is 0 Å². The SMILES string of the molecule is CCC[CH]c1ccccc1OC. The Bertz CT molecular complexity index is 230. The van der Waals surface area contributed by atoms with Gasteiger partial charge in [-0.15, -0.1) is 0 Å². The van der Waals surface area contributed by atoms with Gasteiger partial charge in [-0.25, -0.2) is 0 Å². The van der Waals surface area contributed by atoms with Gasteiger partial charge in [-0.3, -0.25) is 0 Å². The molecular formula is C11H15O. The van der Waals surface area contributed by atoms with Crippen LogP contribution in [0.5, 0.6) is 5.75 Å². The summed E-state index contributed by atoms with van der Waals surface area (Å²) in [5.41, 5.74) is 1.20. The lowest BCUT2D eigenvalue weighted by atomic mass is 10.1. The summed E-state index contributed by atoms with van der Waals surface area (Å²) in [5.74, 6) is 0.964. The normalized spacial score (nSPS) is 9.83. The third-order valence-electron chi connectivity index (χ3n) is 1.79. The van der Waals surface area contributed by atoms with E-state index in [1.807, 2.05) is 18.2 Å². The topological polar surface area (TPSA) is 9.23 Å². The first-order chi connectivity index (χ1) is 5.88. The van der Waals surface area contributed by atoms with E-state index in [9.17, 15) is 0 Å². The van der Waals surface area contributed by atoms with Crippen LogP contribution in [0, 0.1) is 6.42 Å². The molecule has 1 aromatic carbocycles. The Morgan fingerprint density at radius 2 is 2.08 bits per heavy atom. The van der Waals surface area contributed by atoms with E-state index in [2.05, 4.69) is 19.4 Å². The summed E-state index contributed by atoms with van der Waals surface area (Å²) in [6, 6.07) is 8.09. The van der Waals surface area contributed by atoms with E-state index >= 15 is 0 Å². The van der Waals surface area contributed by atoms with Gasteiger partial charge in [0, 0.05) is 0 Å². The molecule has 0 bridgehead atoms. The highest BCUT2D eigenvalue weighted by Gasteiger charge is 1.99. The molecule has 0 aliphatic heterocycles. The van der Waals surface area contributed by atoms with Crippen LogP contribution in [-0.4, -0.2) is 7.11 Å². The molecule has 0 saturated carbocycles. The van der Waals surface area contributed by atoms with Crippen molar-refractivity contribution in [2.75, 3.05) is 7.11 Å². The second-order valence-corrected chi connectivity index (χ2v) is 2.73. The highest BCUT2D eigenvalue weighted by Crippen LogP contribution is 2.20. The highest BCUT2D eigenvalue weighted by atomic mass is 16.5. The zero-order valence-corrected chi connectivity index (χ0v) is 7.71. The quantitative estimate of drug-likeness (QED) is 0.663. The van der Waals surface area contributed by atoms with Gasteiger partial charge in [-0.05, 0) is 24.5 Å². The molecular weight excluding hydrogens is 148 g/mol. The maximum atomic E-state index is 5.21. The van der Waals surface area contributed by atoms with E-state index in [1.54, 1.807) is 7.11 Å². The molecule has 0 amide bonds. The molecule has 0 spiro atoms. The average Bonchev–Trinajstić information content (AvgIpc) is 2.15. The van der Waals surface area contributed by atoms with E-state index in [4.69, 9.17) is 4.74 Å². The van der Waals surface area contributed by atoms with Crippen LogP contribution in [-0.2, 0) is 0 Å². The molecule has 0 atom stereocenters. The number of benzene rings is 1. The van der Waals surface area contributed by atoms with E-state index in [1.165, 1.54) is 12.0 Å². The van der Waals surface area contributed by atoms with Gasteiger partial charge in [0.25, 0.3) is 0 Å². The van der Waals surface area contributed by atoms with Crippen LogP contribution in [0.2, 0.25) is 0 Å². The number of hydrogen-bond acceptors (Lipinski definition) is 1. The Hall–Kier alpha value is -0.980. The van der Waals surface area contributed by atoms with Crippen molar-refractivity contribution in [1.29, 1.82) is 0 Å². The lowest BCUT2D eigenvalue weighted by Crippen LogP contribution is -1.89. The van der Waals surface area contributed by atoms with Crippen molar-refractivity contribution in [2.24, 2.45) is 0 Å². The van der Waals surface area contributed by atoms with Crippen molar-refractivity contribution in [3.8, 4) is 5.75 Å². The Kier molecular flexibility index (Phi) is 3.65. The van der Waals surface area contributed by atoms with E-state index in [0.29, 0.717) is 0 Å². The van der Waals surface area contributed by atoms with Gasteiger partial charge in [0.05, 0.1) is 7.11 Å². The molecule has 1 heteroatoms. The first-order valence-electron chi connectivity index (χ1n) is 4.34. The Morgan fingerprint density at radius 3 is 2.75 bits per heavy atom. The van der Waals surface area contributed by atoms with Crippen molar-refractivity contribution in [2.45, 2.75) is 19.8 Å². The summed E-state index contributed by atoms with van der Waals surface area (Å²) in [5, 5.41) is 0. The van der Waals surface area contributed by atoms with Crippen LogP contribution in [0.4, 0.5) is 0 Å². The van der Waals surface area contributed by atoms with E-state index < -0.39 is 0 Å². The first-order valence-corrected chi connectivity index (χ1v) is 4.34. The zero-order chi connectivity index (χ0) is 8.81. The van der Waals surface area contributed by atoms with Gasteiger partial charge in [-0.1, -0.05) is 31.5 Å². The van der Waals surface area contributed by atoms with Gasteiger partial charge < -0.3 is 4.74 Å². The Morgan fingerprint density at radius 1 is 1.33 bits per heavy atom. The van der Waals surface area contributed by atoms with Gasteiger partial charge in [0.15, 0.2) is 0 Å². The molecule has 0 unspecified atom stereocenters. The Labute approximate surface area is 74.4 Å². The van der Waals surface area contributed by atoms with Crippen LogP contribution < -0.4 is 4.74 Å². The first kappa shape index (κ1) is 9.11. The predicted octanol–water partition coefficient (Wildman–Crippen LogP) is 3.05. The maximum Gasteiger partial charge on any atom is 0.122 e. The summed E-state index contributed by atoms with van der Waals surface area (Å²) < 4.78 is 5.21. The minimum atomic E-state index is 0.964. The molecule has 0 fully saturated rings. The molecule has 0 aromatic heterocycles. The third kappa shape index (κ3) is 2.26. The molecule has 0 saturated heterocycles. The number of methoxy groups -OCH3 is 1. The van der Waals surface area contributed by atoms with Crippen molar-refractivity contribution >= 4 is 0 Å². The van der Waals surface area contributed by atoms with Crippen molar-refractivity contribution in [3.05, 3.63) is 36.2 Å².